The molecule has 0 bridgehead atoms. The summed E-state index contributed by atoms with van der Waals surface area (Å²) in [7, 11) is 1.44. The molecule has 0 saturated carbocycles. The van der Waals surface area contributed by atoms with E-state index in [1.807, 2.05) is 0 Å². The summed E-state index contributed by atoms with van der Waals surface area (Å²) < 4.78 is 31.2. The maximum absolute atomic E-state index is 13.2. The van der Waals surface area contributed by atoms with Crippen LogP contribution in [0.15, 0.2) is 36.4 Å². The molecule has 7 heteroatoms. The summed E-state index contributed by atoms with van der Waals surface area (Å²) in [6, 6.07) is 7.47. The molecule has 2 aromatic carbocycles. The van der Waals surface area contributed by atoms with Gasteiger partial charge in [-0.2, -0.15) is 0 Å². The summed E-state index contributed by atoms with van der Waals surface area (Å²) in [5, 5.41) is 5.10. The van der Waals surface area contributed by atoms with Gasteiger partial charge in [0.25, 0.3) is 5.91 Å². The van der Waals surface area contributed by atoms with E-state index in [-0.39, 0.29) is 11.5 Å². The molecule has 0 aromatic heterocycles. The first-order valence-corrected chi connectivity index (χ1v) is 6.62. The van der Waals surface area contributed by atoms with Crippen molar-refractivity contribution < 1.29 is 23.1 Å². The van der Waals surface area contributed by atoms with Crippen LogP contribution in [0.1, 0.15) is 17.3 Å². The Bertz CT molecular complexity index is 763. The number of hydrogen-bond donors (Lipinski definition) is 2. The number of halogens is 2. The molecule has 0 saturated heterocycles. The van der Waals surface area contributed by atoms with E-state index in [4.69, 9.17) is 4.74 Å². The Morgan fingerprint density at radius 2 is 1.74 bits per heavy atom. The molecule has 0 fully saturated rings. The molecule has 23 heavy (non-hydrogen) atoms. The molecule has 5 nitrogen and oxygen atoms in total. The Hall–Kier alpha value is -2.96. The Morgan fingerprint density at radius 3 is 2.35 bits per heavy atom. The van der Waals surface area contributed by atoms with Crippen molar-refractivity contribution in [2.24, 2.45) is 0 Å². The second-order valence-corrected chi connectivity index (χ2v) is 4.68. The van der Waals surface area contributed by atoms with E-state index in [0.717, 1.165) is 12.1 Å². The average Bonchev–Trinajstić information content (AvgIpc) is 2.49. The number of amides is 2. The van der Waals surface area contributed by atoms with E-state index in [9.17, 15) is 18.4 Å². The van der Waals surface area contributed by atoms with Crippen LogP contribution >= 0.6 is 0 Å². The van der Waals surface area contributed by atoms with E-state index in [1.165, 1.54) is 26.2 Å². The number of hydrogen-bond acceptors (Lipinski definition) is 3. The van der Waals surface area contributed by atoms with Crippen LogP contribution in [0.3, 0.4) is 0 Å². The molecular formula is C16H14F2N2O3. The van der Waals surface area contributed by atoms with E-state index < -0.39 is 17.5 Å². The molecule has 0 atom stereocenters. The molecule has 2 aromatic rings. The number of ether oxygens (including phenoxy) is 1. The number of methoxy groups -OCH3 is 1. The van der Waals surface area contributed by atoms with Gasteiger partial charge in [0.05, 0.1) is 12.8 Å². The number of carbonyl (C=O) groups excluding carboxylic acids is 2. The van der Waals surface area contributed by atoms with Gasteiger partial charge in [0.15, 0.2) is 11.6 Å². The summed E-state index contributed by atoms with van der Waals surface area (Å²) in [6.07, 6.45) is 0. The maximum Gasteiger partial charge on any atom is 0.255 e. The highest BCUT2D eigenvalue weighted by molar-refractivity contribution is 6.04. The van der Waals surface area contributed by atoms with E-state index in [0.29, 0.717) is 17.1 Å². The lowest BCUT2D eigenvalue weighted by Gasteiger charge is -2.12. The van der Waals surface area contributed by atoms with Crippen molar-refractivity contribution in [1.29, 1.82) is 0 Å². The zero-order valence-corrected chi connectivity index (χ0v) is 12.4. The van der Waals surface area contributed by atoms with Crippen LogP contribution in [0.2, 0.25) is 0 Å². The highest BCUT2D eigenvalue weighted by atomic mass is 19.2. The third kappa shape index (κ3) is 4.03. The number of nitrogens with one attached hydrogen (secondary N) is 2. The van der Waals surface area contributed by atoms with Gasteiger partial charge in [0.1, 0.15) is 5.75 Å². The Balaban J connectivity index is 2.23. The third-order valence-corrected chi connectivity index (χ3v) is 2.95. The molecule has 0 heterocycles. The van der Waals surface area contributed by atoms with Crippen LogP contribution in [0, 0.1) is 11.6 Å². The van der Waals surface area contributed by atoms with Crippen molar-refractivity contribution in [1.82, 2.24) is 0 Å². The van der Waals surface area contributed by atoms with Gasteiger partial charge in [-0.15, -0.1) is 0 Å². The molecule has 0 aliphatic rings. The maximum atomic E-state index is 13.2. The van der Waals surface area contributed by atoms with Gasteiger partial charge >= 0.3 is 0 Å². The predicted molar refractivity (Wildman–Crippen MR) is 81.6 cm³/mol. The number of anilines is 2. The highest BCUT2D eigenvalue weighted by Gasteiger charge is 2.12. The SMILES string of the molecule is COc1ccc(NC(=O)c2ccc(F)c(F)c2)cc1NC(C)=O. The quantitative estimate of drug-likeness (QED) is 0.909. The van der Waals surface area contributed by atoms with Crippen LogP contribution in [-0.4, -0.2) is 18.9 Å². The number of carbonyl (C=O) groups is 2. The fraction of sp³-hybridized carbons (Fsp3) is 0.125. The first kappa shape index (κ1) is 16.4. The molecule has 0 spiro atoms. The molecule has 2 amide bonds. The van der Waals surface area contributed by atoms with E-state index in [2.05, 4.69) is 10.6 Å². The minimum absolute atomic E-state index is 0.0270. The highest BCUT2D eigenvalue weighted by Crippen LogP contribution is 2.28. The summed E-state index contributed by atoms with van der Waals surface area (Å²) in [5.41, 5.74) is 0.716. The zero-order valence-electron chi connectivity index (χ0n) is 12.4. The van der Waals surface area contributed by atoms with E-state index >= 15 is 0 Å². The number of rotatable bonds is 4. The fourth-order valence-corrected chi connectivity index (χ4v) is 1.91. The van der Waals surface area contributed by atoms with Crippen molar-refractivity contribution in [3.8, 4) is 5.75 Å². The molecule has 2 N–H and O–H groups in total. The lowest BCUT2D eigenvalue weighted by atomic mass is 10.2. The lowest BCUT2D eigenvalue weighted by molar-refractivity contribution is -0.114. The minimum atomic E-state index is -1.11. The summed E-state index contributed by atoms with van der Waals surface area (Å²) in [4.78, 5) is 23.2. The van der Waals surface area contributed by atoms with Crippen LogP contribution < -0.4 is 15.4 Å². The standard InChI is InChI=1S/C16H14F2N2O3/c1-9(21)19-14-8-11(4-6-15(14)23-2)20-16(22)10-3-5-12(17)13(18)7-10/h3-8H,1-2H3,(H,19,21)(H,20,22). The van der Waals surface area contributed by atoms with Crippen molar-refractivity contribution in [3.63, 3.8) is 0 Å². The molecule has 0 aliphatic heterocycles. The third-order valence-electron chi connectivity index (χ3n) is 2.95. The number of benzene rings is 2. The second-order valence-electron chi connectivity index (χ2n) is 4.68. The van der Waals surface area contributed by atoms with Crippen LogP contribution in [0.4, 0.5) is 20.2 Å². The summed E-state index contributed by atoms with van der Waals surface area (Å²) in [6.45, 7) is 1.34. The zero-order chi connectivity index (χ0) is 17.0. The molecule has 0 aliphatic carbocycles. The summed E-state index contributed by atoms with van der Waals surface area (Å²) >= 11 is 0. The minimum Gasteiger partial charge on any atom is -0.495 e. The molecule has 120 valence electrons. The average molecular weight is 320 g/mol. The van der Waals surface area contributed by atoms with Gasteiger partial charge in [0, 0.05) is 18.2 Å². The molecule has 0 radical (unpaired) electrons. The van der Waals surface area contributed by atoms with Crippen LogP contribution in [0.5, 0.6) is 5.75 Å². The van der Waals surface area contributed by atoms with E-state index in [1.54, 1.807) is 12.1 Å². The Kier molecular flexibility index (Phi) is 4.90. The monoisotopic (exact) mass is 320 g/mol. The van der Waals surface area contributed by atoms with Gasteiger partial charge in [-0.05, 0) is 36.4 Å². The van der Waals surface area contributed by atoms with Crippen molar-refractivity contribution in [2.45, 2.75) is 6.92 Å². The van der Waals surface area contributed by atoms with Crippen molar-refractivity contribution >= 4 is 23.2 Å². The van der Waals surface area contributed by atoms with Gasteiger partial charge in [0.2, 0.25) is 5.91 Å². The predicted octanol–water partition coefficient (Wildman–Crippen LogP) is 3.18. The van der Waals surface area contributed by atoms with Crippen LogP contribution in [-0.2, 0) is 4.79 Å². The van der Waals surface area contributed by atoms with Crippen LogP contribution in [0.25, 0.3) is 0 Å². The van der Waals surface area contributed by atoms with Gasteiger partial charge in [-0.3, -0.25) is 9.59 Å². The first-order chi connectivity index (χ1) is 10.9. The lowest BCUT2D eigenvalue weighted by Crippen LogP contribution is -2.13. The topological polar surface area (TPSA) is 67.4 Å². The fourth-order valence-electron chi connectivity index (χ4n) is 1.91. The summed E-state index contributed by atoms with van der Waals surface area (Å²) in [5.74, 6) is -2.62. The first-order valence-electron chi connectivity index (χ1n) is 6.62. The van der Waals surface area contributed by atoms with Crippen molar-refractivity contribution in [2.75, 3.05) is 17.7 Å². The van der Waals surface area contributed by atoms with Gasteiger partial charge < -0.3 is 15.4 Å². The molecular weight excluding hydrogens is 306 g/mol. The van der Waals surface area contributed by atoms with Gasteiger partial charge in [-0.1, -0.05) is 0 Å². The Labute approximate surface area is 131 Å². The second kappa shape index (κ2) is 6.87. The molecule has 2 rings (SSSR count). The van der Waals surface area contributed by atoms with Crippen molar-refractivity contribution in [3.05, 3.63) is 53.6 Å². The smallest absolute Gasteiger partial charge is 0.255 e. The normalized spacial score (nSPS) is 10.1. The molecule has 0 unspecified atom stereocenters. The largest absolute Gasteiger partial charge is 0.495 e. The Morgan fingerprint density at radius 1 is 1.00 bits per heavy atom. The van der Waals surface area contributed by atoms with Gasteiger partial charge in [-0.25, -0.2) is 8.78 Å².